The van der Waals surface area contributed by atoms with Crippen LogP contribution >= 0.6 is 0 Å². The second-order valence-corrected chi connectivity index (χ2v) is 5.44. The van der Waals surface area contributed by atoms with Crippen molar-refractivity contribution in [2.45, 2.75) is 45.7 Å². The number of hydrogen-bond donors (Lipinski definition) is 1. The van der Waals surface area contributed by atoms with Crippen LogP contribution in [0, 0.1) is 6.92 Å². The lowest BCUT2D eigenvalue weighted by Crippen LogP contribution is -2.52. The molecule has 0 fully saturated rings. The second kappa shape index (κ2) is 7.40. The van der Waals surface area contributed by atoms with Gasteiger partial charge in [0.05, 0.1) is 12.2 Å². The van der Waals surface area contributed by atoms with Crippen LogP contribution in [0.5, 0.6) is 0 Å². The zero-order valence-corrected chi connectivity index (χ0v) is 13.5. The van der Waals surface area contributed by atoms with E-state index in [-0.39, 0.29) is 11.8 Å². The molecule has 22 heavy (non-hydrogen) atoms. The van der Waals surface area contributed by atoms with E-state index in [2.05, 4.69) is 10.4 Å². The first-order valence-corrected chi connectivity index (χ1v) is 7.71. The van der Waals surface area contributed by atoms with E-state index in [0.717, 1.165) is 12.1 Å². The number of fused-ring (bicyclic) bond motifs is 1. The number of amides is 2. The smallest absolute Gasteiger partial charge is 0.243 e. The minimum Gasteiger partial charge on any atom is -0.385 e. The molecule has 0 saturated heterocycles. The number of rotatable bonds is 7. The average molecular weight is 308 g/mol. The van der Waals surface area contributed by atoms with E-state index in [1.54, 1.807) is 16.7 Å². The summed E-state index contributed by atoms with van der Waals surface area (Å²) in [5, 5.41) is 7.25. The van der Waals surface area contributed by atoms with E-state index in [1.165, 1.54) is 0 Å². The second-order valence-electron chi connectivity index (χ2n) is 5.44. The van der Waals surface area contributed by atoms with Crippen LogP contribution in [0.1, 0.15) is 31.9 Å². The van der Waals surface area contributed by atoms with E-state index >= 15 is 0 Å². The number of ether oxygens (including phenoxy) is 1. The zero-order valence-electron chi connectivity index (χ0n) is 13.5. The van der Waals surface area contributed by atoms with Gasteiger partial charge in [-0.25, -0.2) is 4.68 Å². The molecule has 0 bridgehead atoms. The minimum atomic E-state index is -0.495. The predicted octanol–water partition coefficient (Wildman–Crippen LogP) is 0.860. The van der Waals surface area contributed by atoms with Gasteiger partial charge >= 0.3 is 0 Å². The highest BCUT2D eigenvalue weighted by molar-refractivity contribution is 6.00. The van der Waals surface area contributed by atoms with Gasteiger partial charge in [0.15, 0.2) is 0 Å². The van der Waals surface area contributed by atoms with E-state index in [9.17, 15) is 9.59 Å². The van der Waals surface area contributed by atoms with Gasteiger partial charge in [-0.15, -0.1) is 0 Å². The molecule has 1 aliphatic heterocycles. The summed E-state index contributed by atoms with van der Waals surface area (Å²) in [6.07, 6.45) is 1.69. The van der Waals surface area contributed by atoms with Crippen molar-refractivity contribution in [3.63, 3.8) is 0 Å². The van der Waals surface area contributed by atoms with Crippen molar-refractivity contribution in [1.82, 2.24) is 15.1 Å². The van der Waals surface area contributed by atoms with Crippen molar-refractivity contribution in [2.75, 3.05) is 25.2 Å². The maximum Gasteiger partial charge on any atom is 0.243 e. The molecular formula is C15H24N4O3. The highest BCUT2D eigenvalue weighted by Crippen LogP contribution is 2.25. The van der Waals surface area contributed by atoms with E-state index in [1.807, 2.05) is 19.9 Å². The van der Waals surface area contributed by atoms with Crippen molar-refractivity contribution in [1.29, 1.82) is 0 Å². The van der Waals surface area contributed by atoms with Gasteiger partial charge in [0.2, 0.25) is 11.8 Å². The van der Waals surface area contributed by atoms with Gasteiger partial charge in [0.1, 0.15) is 11.9 Å². The Bertz CT molecular complexity index is 541. The number of nitrogens with zero attached hydrogens (tertiary/aromatic N) is 3. The van der Waals surface area contributed by atoms with Crippen LogP contribution in [0.4, 0.5) is 5.82 Å². The summed E-state index contributed by atoms with van der Waals surface area (Å²) < 4.78 is 6.77. The molecule has 2 amide bonds. The average Bonchev–Trinajstić information content (AvgIpc) is 2.87. The molecule has 1 N–H and O–H groups in total. The maximum atomic E-state index is 12.4. The summed E-state index contributed by atoms with van der Waals surface area (Å²) in [6, 6.07) is 1.36. The highest BCUT2D eigenvalue weighted by Gasteiger charge is 2.34. The van der Waals surface area contributed by atoms with Crippen LogP contribution in [0.15, 0.2) is 6.07 Å². The number of anilines is 1. The number of carbonyl (C=O) groups excluding carboxylic acids is 2. The largest absolute Gasteiger partial charge is 0.385 e. The first-order valence-electron chi connectivity index (χ1n) is 7.71. The summed E-state index contributed by atoms with van der Waals surface area (Å²) in [6.45, 7) is 5.52. The van der Waals surface area contributed by atoms with Crippen LogP contribution < -0.4 is 10.2 Å². The van der Waals surface area contributed by atoms with Gasteiger partial charge in [-0.1, -0.05) is 6.92 Å². The summed E-state index contributed by atoms with van der Waals surface area (Å²) in [7, 11) is 1.63. The molecule has 0 spiro atoms. The summed E-state index contributed by atoms with van der Waals surface area (Å²) in [5.41, 5.74) is 0.852. The van der Waals surface area contributed by atoms with Crippen molar-refractivity contribution < 1.29 is 14.3 Å². The van der Waals surface area contributed by atoms with Gasteiger partial charge in [-0.05, 0) is 19.8 Å². The molecule has 0 saturated carbocycles. The van der Waals surface area contributed by atoms with Crippen molar-refractivity contribution in [3.8, 4) is 0 Å². The quantitative estimate of drug-likeness (QED) is 0.758. The molecule has 0 unspecified atom stereocenters. The molecule has 2 rings (SSSR count). The Balaban J connectivity index is 2.12. The number of nitrogens with one attached hydrogen (secondary N) is 1. The molecule has 0 radical (unpaired) electrons. The van der Waals surface area contributed by atoms with Gasteiger partial charge < -0.3 is 10.1 Å². The lowest BCUT2D eigenvalue weighted by atomic mass is 10.1. The number of carbonyl (C=O) groups is 2. The molecular weight excluding hydrogens is 284 g/mol. The van der Waals surface area contributed by atoms with E-state index in [4.69, 9.17) is 4.74 Å². The van der Waals surface area contributed by atoms with Gasteiger partial charge in [-0.3, -0.25) is 14.5 Å². The Hall–Kier alpha value is -1.89. The molecule has 1 aliphatic rings. The molecule has 122 valence electrons. The third kappa shape index (κ3) is 3.47. The molecule has 7 nitrogen and oxygen atoms in total. The van der Waals surface area contributed by atoms with Crippen LogP contribution in [0.2, 0.25) is 0 Å². The fourth-order valence-corrected chi connectivity index (χ4v) is 2.70. The van der Waals surface area contributed by atoms with Gasteiger partial charge in [0, 0.05) is 32.7 Å². The van der Waals surface area contributed by atoms with Crippen molar-refractivity contribution in [3.05, 3.63) is 11.8 Å². The topological polar surface area (TPSA) is 76.5 Å². The Morgan fingerprint density at radius 1 is 1.55 bits per heavy atom. The molecule has 1 atom stereocenters. The van der Waals surface area contributed by atoms with Crippen LogP contribution in [-0.2, 0) is 20.9 Å². The Labute approximate surface area is 130 Å². The van der Waals surface area contributed by atoms with Gasteiger partial charge in [-0.2, -0.15) is 5.10 Å². The third-order valence-corrected chi connectivity index (χ3v) is 3.76. The fourth-order valence-electron chi connectivity index (χ4n) is 2.70. The number of aromatic nitrogens is 2. The third-order valence-electron chi connectivity index (χ3n) is 3.76. The van der Waals surface area contributed by atoms with Crippen LogP contribution in [-0.4, -0.2) is 47.9 Å². The molecule has 2 heterocycles. The minimum absolute atomic E-state index is 0.0220. The van der Waals surface area contributed by atoms with E-state index < -0.39 is 6.04 Å². The highest BCUT2D eigenvalue weighted by atomic mass is 16.5. The molecule has 0 aromatic carbocycles. The van der Waals surface area contributed by atoms with Crippen LogP contribution in [0.3, 0.4) is 0 Å². The first-order chi connectivity index (χ1) is 10.6. The normalized spacial score (nSPS) is 15.6. The molecule has 1 aromatic heterocycles. The van der Waals surface area contributed by atoms with Crippen LogP contribution in [0.25, 0.3) is 0 Å². The summed E-state index contributed by atoms with van der Waals surface area (Å²) >= 11 is 0. The number of aryl methyl sites for hydroxylation is 2. The van der Waals surface area contributed by atoms with Crippen molar-refractivity contribution in [2.24, 2.45) is 0 Å². The molecule has 0 aliphatic carbocycles. The predicted molar refractivity (Wildman–Crippen MR) is 82.6 cm³/mol. The molecule has 7 heteroatoms. The number of hydrogen-bond acceptors (Lipinski definition) is 4. The van der Waals surface area contributed by atoms with Gasteiger partial charge in [0.25, 0.3) is 0 Å². The standard InChI is InChI=1S/C15H24N4O3/c1-4-12(15(21)16-7-5-9-22-3)19-13-10-11(2)17-18(13)8-6-14(19)20/h10,12H,4-9H2,1-3H3,(H,16,21)/t12-/m1/s1. The Kier molecular flexibility index (Phi) is 5.54. The fraction of sp³-hybridized carbons (Fsp3) is 0.667. The maximum absolute atomic E-state index is 12.4. The Morgan fingerprint density at radius 3 is 3.00 bits per heavy atom. The first kappa shape index (κ1) is 16.5. The number of methoxy groups -OCH3 is 1. The van der Waals surface area contributed by atoms with E-state index in [0.29, 0.717) is 38.4 Å². The Morgan fingerprint density at radius 2 is 2.32 bits per heavy atom. The summed E-state index contributed by atoms with van der Waals surface area (Å²) in [4.78, 5) is 26.3. The zero-order chi connectivity index (χ0) is 16.1. The lowest BCUT2D eigenvalue weighted by molar-refractivity contribution is -0.127. The lowest BCUT2D eigenvalue weighted by Gasteiger charge is -2.33. The molecule has 1 aromatic rings. The van der Waals surface area contributed by atoms with Crippen molar-refractivity contribution >= 4 is 17.6 Å². The monoisotopic (exact) mass is 308 g/mol. The summed E-state index contributed by atoms with van der Waals surface area (Å²) in [5.74, 6) is 0.568. The SMILES string of the molecule is CC[C@H](C(=O)NCCCOC)N1C(=O)CCn2nc(C)cc21.